The highest BCUT2D eigenvalue weighted by Crippen LogP contribution is 2.42. The van der Waals surface area contributed by atoms with Gasteiger partial charge in [-0.2, -0.15) is 10.2 Å². The second-order valence-electron chi connectivity index (χ2n) is 9.22. The van der Waals surface area contributed by atoms with Crippen LogP contribution in [0.3, 0.4) is 0 Å². The number of likely N-dealkylation sites (tertiary alicyclic amines) is 1. The molecule has 0 amide bonds. The smallest absolute Gasteiger partial charge is 0.266 e. The molecule has 3 aromatic rings. The van der Waals surface area contributed by atoms with Gasteiger partial charge in [0.25, 0.3) is 6.43 Å². The first kappa shape index (κ1) is 21.0. The topological polar surface area (TPSA) is 44.3 Å². The van der Waals surface area contributed by atoms with Crippen LogP contribution in [-0.2, 0) is 0 Å². The maximum atomic E-state index is 14.6. The molecular weight excluding hydrogens is 415 g/mol. The van der Waals surface area contributed by atoms with E-state index in [1.165, 1.54) is 18.6 Å². The van der Waals surface area contributed by atoms with E-state index in [0.29, 0.717) is 11.1 Å². The normalized spacial score (nSPS) is 19.0. The van der Waals surface area contributed by atoms with Crippen LogP contribution in [0, 0.1) is 11.2 Å². The zero-order chi connectivity index (χ0) is 22.5. The standard InChI is InChI=1S/C24H26F3N5/c1-15(17-4-3-5-18(22(17)25)23(26)27)29-21-11-28-30-20-7-6-16(10-19(20)21)32-13-24(14-32)8-9-31(2)12-24/h3-7,10-11,15,23H,8-9,12-14H2,1-2H3,(H,29,30)/t15-/m1/s1. The van der Waals surface area contributed by atoms with Crippen molar-refractivity contribution in [2.24, 2.45) is 5.41 Å². The summed E-state index contributed by atoms with van der Waals surface area (Å²) < 4.78 is 40.9. The summed E-state index contributed by atoms with van der Waals surface area (Å²) in [4.78, 5) is 4.76. The van der Waals surface area contributed by atoms with Crippen LogP contribution in [0.1, 0.15) is 36.9 Å². The van der Waals surface area contributed by atoms with Crippen LogP contribution in [-0.4, -0.2) is 48.3 Å². The first-order chi connectivity index (χ1) is 15.3. The van der Waals surface area contributed by atoms with Crippen molar-refractivity contribution in [2.45, 2.75) is 25.8 Å². The van der Waals surface area contributed by atoms with Gasteiger partial charge in [-0.05, 0) is 45.1 Å². The molecule has 32 heavy (non-hydrogen) atoms. The molecule has 5 nitrogen and oxygen atoms in total. The Labute approximate surface area is 185 Å². The molecule has 0 unspecified atom stereocenters. The lowest BCUT2D eigenvalue weighted by Crippen LogP contribution is -2.57. The third-order valence-corrected chi connectivity index (χ3v) is 6.80. The summed E-state index contributed by atoms with van der Waals surface area (Å²) in [6.45, 7) is 6.10. The fourth-order valence-corrected chi connectivity index (χ4v) is 5.10. The first-order valence-corrected chi connectivity index (χ1v) is 10.9. The Morgan fingerprint density at radius 3 is 2.59 bits per heavy atom. The van der Waals surface area contributed by atoms with Gasteiger partial charge in [0.15, 0.2) is 0 Å². The van der Waals surface area contributed by atoms with Gasteiger partial charge >= 0.3 is 0 Å². The lowest BCUT2D eigenvalue weighted by molar-refractivity contribution is 0.146. The first-order valence-electron chi connectivity index (χ1n) is 10.9. The quantitative estimate of drug-likeness (QED) is 0.602. The third kappa shape index (κ3) is 3.66. The maximum absolute atomic E-state index is 14.6. The number of hydrogen-bond donors (Lipinski definition) is 1. The number of nitrogens with one attached hydrogen (secondary N) is 1. The van der Waals surface area contributed by atoms with Crippen molar-refractivity contribution in [3.63, 3.8) is 0 Å². The van der Waals surface area contributed by atoms with Gasteiger partial charge in [-0.15, -0.1) is 0 Å². The van der Waals surface area contributed by atoms with E-state index < -0.39 is 23.8 Å². The van der Waals surface area contributed by atoms with Crippen molar-refractivity contribution < 1.29 is 13.2 Å². The fraction of sp³-hybridized carbons (Fsp3) is 0.417. The maximum Gasteiger partial charge on any atom is 0.266 e. The minimum absolute atomic E-state index is 0.193. The summed E-state index contributed by atoms with van der Waals surface area (Å²) in [6.07, 6.45) is -0.0271. The number of anilines is 2. The molecule has 1 aromatic heterocycles. The van der Waals surface area contributed by atoms with Gasteiger partial charge in [0, 0.05) is 41.7 Å². The van der Waals surface area contributed by atoms with E-state index in [1.807, 2.05) is 6.07 Å². The molecule has 0 saturated carbocycles. The van der Waals surface area contributed by atoms with Gasteiger partial charge in [-0.1, -0.05) is 18.2 Å². The molecule has 1 N–H and O–H groups in total. The lowest BCUT2D eigenvalue weighted by Gasteiger charge is -2.49. The van der Waals surface area contributed by atoms with Crippen molar-refractivity contribution in [1.29, 1.82) is 0 Å². The highest BCUT2D eigenvalue weighted by Gasteiger charge is 2.46. The Hall–Kier alpha value is -2.87. The Kier molecular flexibility index (Phi) is 5.20. The van der Waals surface area contributed by atoms with Crippen molar-refractivity contribution in [3.05, 3.63) is 59.5 Å². The number of rotatable bonds is 5. The fourth-order valence-electron chi connectivity index (χ4n) is 5.10. The molecule has 0 aliphatic carbocycles. The van der Waals surface area contributed by atoms with E-state index in [-0.39, 0.29) is 5.56 Å². The van der Waals surface area contributed by atoms with Crippen LogP contribution in [0.4, 0.5) is 24.5 Å². The Morgan fingerprint density at radius 2 is 1.88 bits per heavy atom. The number of fused-ring (bicyclic) bond motifs is 1. The highest BCUT2D eigenvalue weighted by molar-refractivity contribution is 5.93. The van der Waals surface area contributed by atoms with Gasteiger partial charge in [0.05, 0.1) is 29.0 Å². The molecule has 5 rings (SSSR count). The minimum atomic E-state index is -2.85. The zero-order valence-electron chi connectivity index (χ0n) is 18.2. The third-order valence-electron chi connectivity index (χ3n) is 6.80. The predicted molar refractivity (Wildman–Crippen MR) is 120 cm³/mol. The number of nitrogens with zero attached hydrogens (tertiary/aromatic N) is 4. The Morgan fingerprint density at radius 1 is 1.09 bits per heavy atom. The molecule has 3 heterocycles. The number of halogens is 3. The molecule has 2 aliphatic heterocycles. The molecule has 2 aliphatic rings. The Bertz CT molecular complexity index is 1150. The molecule has 0 radical (unpaired) electrons. The zero-order valence-corrected chi connectivity index (χ0v) is 18.2. The van der Waals surface area contributed by atoms with E-state index in [0.717, 1.165) is 48.8 Å². The monoisotopic (exact) mass is 441 g/mol. The van der Waals surface area contributed by atoms with Crippen LogP contribution < -0.4 is 10.2 Å². The van der Waals surface area contributed by atoms with E-state index >= 15 is 0 Å². The van der Waals surface area contributed by atoms with Gasteiger partial charge < -0.3 is 15.1 Å². The second-order valence-corrected chi connectivity index (χ2v) is 9.22. The van der Waals surface area contributed by atoms with Crippen molar-refractivity contribution in [3.8, 4) is 0 Å². The molecule has 2 aromatic carbocycles. The molecule has 8 heteroatoms. The van der Waals surface area contributed by atoms with Gasteiger partial charge in [0.2, 0.25) is 0 Å². The van der Waals surface area contributed by atoms with Gasteiger partial charge in [-0.25, -0.2) is 13.2 Å². The lowest BCUT2D eigenvalue weighted by atomic mass is 9.78. The second kappa shape index (κ2) is 7.92. The summed E-state index contributed by atoms with van der Waals surface area (Å²) in [5.74, 6) is -0.873. The van der Waals surface area contributed by atoms with Crippen LogP contribution in [0.2, 0.25) is 0 Å². The van der Waals surface area contributed by atoms with Crippen molar-refractivity contribution >= 4 is 22.3 Å². The van der Waals surface area contributed by atoms with Gasteiger partial charge in [-0.3, -0.25) is 0 Å². The average Bonchev–Trinajstić information content (AvgIpc) is 3.14. The predicted octanol–water partition coefficient (Wildman–Crippen LogP) is 5.02. The van der Waals surface area contributed by atoms with Crippen LogP contribution in [0.15, 0.2) is 42.6 Å². The summed E-state index contributed by atoms with van der Waals surface area (Å²) >= 11 is 0. The van der Waals surface area contributed by atoms with E-state index in [2.05, 4.69) is 44.5 Å². The number of hydrogen-bond acceptors (Lipinski definition) is 5. The van der Waals surface area contributed by atoms with E-state index in [9.17, 15) is 13.2 Å². The molecule has 168 valence electrons. The summed E-state index contributed by atoms with van der Waals surface area (Å²) in [5.41, 5.74) is 2.54. The van der Waals surface area contributed by atoms with Crippen molar-refractivity contribution in [2.75, 3.05) is 43.4 Å². The summed E-state index contributed by atoms with van der Waals surface area (Å²) in [5, 5.41) is 12.4. The Balaban J connectivity index is 1.40. The van der Waals surface area contributed by atoms with E-state index in [1.54, 1.807) is 13.1 Å². The van der Waals surface area contributed by atoms with Crippen molar-refractivity contribution in [1.82, 2.24) is 15.1 Å². The van der Waals surface area contributed by atoms with Crippen LogP contribution in [0.25, 0.3) is 10.9 Å². The molecule has 2 fully saturated rings. The molecule has 0 bridgehead atoms. The number of alkyl halides is 2. The molecule has 1 atom stereocenters. The van der Waals surface area contributed by atoms with E-state index in [4.69, 9.17) is 0 Å². The van der Waals surface area contributed by atoms with Gasteiger partial charge in [0.1, 0.15) is 5.82 Å². The molecule has 1 spiro atoms. The van der Waals surface area contributed by atoms with Crippen LogP contribution >= 0.6 is 0 Å². The number of aromatic nitrogens is 2. The SMILES string of the molecule is C[C@@H](Nc1cnnc2ccc(N3CC4(CCN(C)C4)C3)cc12)c1cccc(C(F)F)c1F. The highest BCUT2D eigenvalue weighted by atomic mass is 19.3. The molecular formula is C24H26F3N5. The molecule has 2 saturated heterocycles. The average molecular weight is 442 g/mol. The summed E-state index contributed by atoms with van der Waals surface area (Å²) in [6, 6.07) is 9.66. The minimum Gasteiger partial charge on any atom is -0.377 e. The van der Waals surface area contributed by atoms with Crippen LogP contribution in [0.5, 0.6) is 0 Å². The number of benzene rings is 2. The summed E-state index contributed by atoms with van der Waals surface area (Å²) in [7, 11) is 2.17. The largest absolute Gasteiger partial charge is 0.377 e.